The molecule has 1 saturated heterocycles. The molecule has 26 heavy (non-hydrogen) atoms. The van der Waals surface area contributed by atoms with E-state index in [1.807, 2.05) is 0 Å². The number of aromatic nitrogens is 3. The van der Waals surface area contributed by atoms with Crippen LogP contribution in [0.5, 0.6) is 5.88 Å². The van der Waals surface area contributed by atoms with Gasteiger partial charge in [-0.2, -0.15) is 5.10 Å². The molecule has 1 fully saturated rings. The lowest BCUT2D eigenvalue weighted by atomic mass is 10.2. The van der Waals surface area contributed by atoms with Crippen molar-refractivity contribution in [3.05, 3.63) is 36.3 Å². The molecule has 0 unspecified atom stereocenters. The lowest BCUT2D eigenvalue weighted by Gasteiger charge is -2.10. The summed E-state index contributed by atoms with van der Waals surface area (Å²) in [5.41, 5.74) is 0.894. The molecule has 2 aromatic heterocycles. The fourth-order valence-corrected chi connectivity index (χ4v) is 2.59. The first kappa shape index (κ1) is 17.9. The predicted molar refractivity (Wildman–Crippen MR) is 93.0 cm³/mol. The van der Waals surface area contributed by atoms with Gasteiger partial charge in [-0.15, -0.1) is 0 Å². The molecule has 0 aromatic carbocycles. The first-order chi connectivity index (χ1) is 12.6. The molecular weight excluding hydrogens is 338 g/mol. The Bertz CT molecular complexity index is 753. The average molecular weight is 359 g/mol. The highest BCUT2D eigenvalue weighted by atomic mass is 16.5. The summed E-state index contributed by atoms with van der Waals surface area (Å²) in [6, 6.07) is 3.22. The zero-order valence-corrected chi connectivity index (χ0v) is 14.5. The zero-order chi connectivity index (χ0) is 18.4. The molecule has 2 aromatic rings. The maximum Gasteiger partial charge on any atom is 0.257 e. The number of nitrogens with zero attached hydrogens (tertiary/aromatic N) is 3. The van der Waals surface area contributed by atoms with Crippen LogP contribution in [-0.4, -0.2) is 52.9 Å². The normalized spacial score (nSPS) is 16.3. The highest BCUT2D eigenvalue weighted by molar-refractivity contribution is 6.03. The van der Waals surface area contributed by atoms with E-state index in [1.54, 1.807) is 18.3 Å². The number of nitrogens with one attached hydrogen (secondary N) is 2. The minimum Gasteiger partial charge on any atom is -0.481 e. The quantitative estimate of drug-likeness (QED) is 0.758. The molecule has 1 aliphatic rings. The number of carbonyl (C=O) groups is 2. The first-order valence-electron chi connectivity index (χ1n) is 8.36. The Balaban J connectivity index is 1.48. The van der Waals surface area contributed by atoms with Crippen molar-refractivity contribution >= 4 is 17.5 Å². The van der Waals surface area contributed by atoms with Crippen molar-refractivity contribution in [1.29, 1.82) is 0 Å². The lowest BCUT2D eigenvalue weighted by molar-refractivity contribution is -0.122. The number of rotatable bonds is 7. The lowest BCUT2D eigenvalue weighted by Crippen LogP contribution is -2.34. The number of anilines is 1. The maximum atomic E-state index is 12.2. The van der Waals surface area contributed by atoms with Gasteiger partial charge in [-0.1, -0.05) is 0 Å². The van der Waals surface area contributed by atoms with Crippen LogP contribution in [0.4, 0.5) is 5.69 Å². The Morgan fingerprint density at radius 3 is 2.96 bits per heavy atom. The fraction of sp³-hybridized carbons (Fsp3) is 0.412. The van der Waals surface area contributed by atoms with Gasteiger partial charge in [-0.05, 0) is 18.9 Å². The molecule has 0 spiro atoms. The monoisotopic (exact) mass is 359 g/mol. The van der Waals surface area contributed by atoms with E-state index in [4.69, 9.17) is 9.47 Å². The third kappa shape index (κ3) is 4.79. The van der Waals surface area contributed by atoms with Crippen molar-refractivity contribution < 1.29 is 19.1 Å². The van der Waals surface area contributed by atoms with Crippen molar-refractivity contribution in [1.82, 2.24) is 20.1 Å². The molecule has 3 heterocycles. The van der Waals surface area contributed by atoms with Gasteiger partial charge in [0, 0.05) is 31.6 Å². The van der Waals surface area contributed by atoms with Gasteiger partial charge in [-0.25, -0.2) is 4.98 Å². The summed E-state index contributed by atoms with van der Waals surface area (Å²) in [4.78, 5) is 28.1. The van der Waals surface area contributed by atoms with Gasteiger partial charge in [0.15, 0.2) is 0 Å². The molecule has 0 saturated carbocycles. The SMILES string of the molecule is COc1ccc(C(=O)Nc2cnn(CC(=O)NC[C@H]3CCCO3)c2)cn1. The standard InChI is InChI=1S/C17H21N5O4/c1-25-16-5-4-12(7-19-16)17(24)21-13-8-20-22(10-13)11-15(23)18-9-14-3-2-6-26-14/h4-5,7-8,10,14H,2-3,6,9,11H2,1H3,(H,18,23)(H,21,24)/t14-/m1/s1. The van der Waals surface area contributed by atoms with Gasteiger partial charge in [0.2, 0.25) is 11.8 Å². The molecule has 1 atom stereocenters. The second kappa shape index (κ2) is 8.43. The third-order valence-electron chi connectivity index (χ3n) is 3.96. The van der Waals surface area contributed by atoms with Crippen LogP contribution in [0, 0.1) is 0 Å². The van der Waals surface area contributed by atoms with Gasteiger partial charge in [0.25, 0.3) is 5.91 Å². The van der Waals surface area contributed by atoms with Gasteiger partial charge < -0.3 is 20.1 Å². The molecule has 0 bridgehead atoms. The zero-order valence-electron chi connectivity index (χ0n) is 14.5. The predicted octanol–water partition coefficient (Wildman–Crippen LogP) is 0.834. The Morgan fingerprint density at radius 2 is 2.27 bits per heavy atom. The minimum absolute atomic E-state index is 0.0761. The van der Waals surface area contributed by atoms with E-state index in [-0.39, 0.29) is 24.5 Å². The maximum absolute atomic E-state index is 12.2. The van der Waals surface area contributed by atoms with E-state index in [2.05, 4.69) is 20.7 Å². The van der Waals surface area contributed by atoms with Gasteiger partial charge in [0.1, 0.15) is 6.54 Å². The number of amides is 2. The van der Waals surface area contributed by atoms with Crippen molar-refractivity contribution in [3.63, 3.8) is 0 Å². The molecule has 2 amide bonds. The van der Waals surface area contributed by atoms with Gasteiger partial charge >= 0.3 is 0 Å². The molecular formula is C17H21N5O4. The molecule has 0 radical (unpaired) electrons. The molecule has 2 N–H and O–H groups in total. The third-order valence-corrected chi connectivity index (χ3v) is 3.96. The summed E-state index contributed by atoms with van der Waals surface area (Å²) in [6.45, 7) is 1.34. The van der Waals surface area contributed by atoms with Crippen molar-refractivity contribution in [2.45, 2.75) is 25.5 Å². The smallest absolute Gasteiger partial charge is 0.257 e. The van der Waals surface area contributed by atoms with Crippen LogP contribution in [0.2, 0.25) is 0 Å². The van der Waals surface area contributed by atoms with Gasteiger partial charge in [-0.3, -0.25) is 14.3 Å². The Kier molecular flexibility index (Phi) is 5.80. The van der Waals surface area contributed by atoms with Crippen LogP contribution in [-0.2, 0) is 16.1 Å². The Hall–Kier alpha value is -2.94. The summed E-state index contributed by atoms with van der Waals surface area (Å²) in [5.74, 6) is -0.0354. The van der Waals surface area contributed by atoms with Crippen molar-refractivity contribution in [2.24, 2.45) is 0 Å². The molecule has 0 aliphatic carbocycles. The summed E-state index contributed by atoms with van der Waals surface area (Å²) < 4.78 is 11.9. The average Bonchev–Trinajstić information content (AvgIpc) is 3.32. The second-order valence-corrected chi connectivity index (χ2v) is 5.91. The van der Waals surface area contributed by atoms with Crippen molar-refractivity contribution in [2.75, 3.05) is 25.6 Å². The number of ether oxygens (including phenoxy) is 2. The van der Waals surface area contributed by atoms with Crippen LogP contribution in [0.1, 0.15) is 23.2 Å². The number of hydrogen-bond acceptors (Lipinski definition) is 6. The van der Waals surface area contributed by atoms with E-state index in [0.29, 0.717) is 23.7 Å². The molecule has 1 aliphatic heterocycles. The van der Waals surface area contributed by atoms with E-state index in [9.17, 15) is 9.59 Å². The summed E-state index contributed by atoms with van der Waals surface area (Å²) >= 11 is 0. The summed E-state index contributed by atoms with van der Waals surface area (Å²) in [7, 11) is 1.51. The highest BCUT2D eigenvalue weighted by Gasteiger charge is 2.16. The fourth-order valence-electron chi connectivity index (χ4n) is 2.59. The van der Waals surface area contributed by atoms with E-state index in [1.165, 1.54) is 24.2 Å². The molecule has 138 valence electrons. The topological polar surface area (TPSA) is 107 Å². The van der Waals surface area contributed by atoms with E-state index >= 15 is 0 Å². The molecule has 9 heteroatoms. The van der Waals surface area contributed by atoms with Crippen molar-refractivity contribution in [3.8, 4) is 5.88 Å². The number of carbonyl (C=O) groups excluding carboxylic acids is 2. The number of methoxy groups -OCH3 is 1. The summed E-state index contributed by atoms with van der Waals surface area (Å²) in [5, 5.41) is 9.62. The van der Waals surface area contributed by atoms with Crippen LogP contribution in [0.15, 0.2) is 30.7 Å². The minimum atomic E-state index is -0.317. The van der Waals surface area contributed by atoms with E-state index in [0.717, 1.165) is 19.4 Å². The Labute approximate surface area is 150 Å². The highest BCUT2D eigenvalue weighted by Crippen LogP contribution is 2.12. The molecule has 9 nitrogen and oxygen atoms in total. The Morgan fingerprint density at radius 1 is 1.38 bits per heavy atom. The largest absolute Gasteiger partial charge is 0.481 e. The van der Waals surface area contributed by atoms with E-state index < -0.39 is 0 Å². The second-order valence-electron chi connectivity index (χ2n) is 5.91. The van der Waals surface area contributed by atoms with Gasteiger partial charge in [0.05, 0.1) is 30.7 Å². The van der Waals surface area contributed by atoms with Crippen LogP contribution < -0.4 is 15.4 Å². The van der Waals surface area contributed by atoms with Crippen LogP contribution in [0.3, 0.4) is 0 Å². The molecule has 3 rings (SSSR count). The summed E-state index contributed by atoms with van der Waals surface area (Å²) in [6.07, 6.45) is 6.62. The number of hydrogen-bond donors (Lipinski definition) is 2. The first-order valence-corrected chi connectivity index (χ1v) is 8.36. The number of pyridine rings is 1. The van der Waals surface area contributed by atoms with Crippen LogP contribution in [0.25, 0.3) is 0 Å². The van der Waals surface area contributed by atoms with Crippen LogP contribution >= 0.6 is 0 Å².